The number of H-pyrrole nitrogens is 1. The van der Waals surface area contributed by atoms with E-state index in [1.807, 2.05) is 19.1 Å². The van der Waals surface area contributed by atoms with Crippen LogP contribution in [-0.2, 0) is 24.2 Å². The lowest BCUT2D eigenvalue weighted by atomic mass is 10.0. The number of aliphatic imine (C=N–C) groups is 1. The summed E-state index contributed by atoms with van der Waals surface area (Å²) in [6.07, 6.45) is 10.5. The predicted molar refractivity (Wildman–Crippen MR) is 156 cm³/mol. The van der Waals surface area contributed by atoms with Crippen molar-refractivity contribution in [1.29, 1.82) is 0 Å². The number of aryl methyl sites for hydroxylation is 2. The Kier molecular flexibility index (Phi) is 7.04. The highest BCUT2D eigenvalue weighted by atomic mass is 16.1. The lowest BCUT2D eigenvalue weighted by molar-refractivity contribution is -0.122. The van der Waals surface area contributed by atoms with E-state index in [9.17, 15) is 4.79 Å². The standard InChI is InChI=1S/C32H32N6O/c1-22(35-31(39)19-26-12-6-7-18-33-26)32-37-36-30(17-16-24-20-34-29-15-5-4-14-28(24)29)38(32)21-25-11-8-10-23-9-2-3-13-27(23)25/h2-11,13-15,18,20,22,26,34H,12,16-17,19,21H2,1H3,(H,35,39)/t22-,26?/m1/s1. The number of amides is 1. The van der Waals surface area contributed by atoms with Gasteiger partial charge in [0.15, 0.2) is 5.82 Å². The number of hydrogen-bond acceptors (Lipinski definition) is 4. The second-order valence-corrected chi connectivity index (χ2v) is 10.2. The van der Waals surface area contributed by atoms with Gasteiger partial charge in [-0.2, -0.15) is 0 Å². The van der Waals surface area contributed by atoms with Crippen molar-refractivity contribution in [3.8, 4) is 0 Å². The predicted octanol–water partition coefficient (Wildman–Crippen LogP) is 5.71. The fourth-order valence-corrected chi connectivity index (χ4v) is 5.46. The minimum absolute atomic E-state index is 0.0116. The highest BCUT2D eigenvalue weighted by Gasteiger charge is 2.22. The van der Waals surface area contributed by atoms with Gasteiger partial charge in [-0.25, -0.2) is 0 Å². The molecule has 0 spiro atoms. The van der Waals surface area contributed by atoms with Crippen LogP contribution < -0.4 is 5.32 Å². The molecule has 0 bridgehead atoms. The Bertz CT molecular complexity index is 1670. The topological polar surface area (TPSA) is 88.0 Å². The lowest BCUT2D eigenvalue weighted by Gasteiger charge is -2.19. The zero-order valence-electron chi connectivity index (χ0n) is 22.0. The Hall–Kier alpha value is -4.52. The van der Waals surface area contributed by atoms with Gasteiger partial charge in [-0.05, 0) is 53.8 Å². The fourth-order valence-electron chi connectivity index (χ4n) is 5.46. The number of fused-ring (bicyclic) bond motifs is 2. The van der Waals surface area contributed by atoms with Crippen molar-refractivity contribution in [2.45, 2.75) is 51.2 Å². The van der Waals surface area contributed by atoms with E-state index < -0.39 is 0 Å². The van der Waals surface area contributed by atoms with Crippen molar-refractivity contribution in [3.63, 3.8) is 0 Å². The van der Waals surface area contributed by atoms with Crippen LogP contribution in [0.15, 0.2) is 90.1 Å². The third kappa shape index (κ3) is 5.39. The second kappa shape index (κ2) is 11.1. The molecule has 1 unspecified atom stereocenters. The van der Waals surface area contributed by atoms with Crippen molar-refractivity contribution in [3.05, 3.63) is 108 Å². The molecule has 1 aliphatic rings. The summed E-state index contributed by atoms with van der Waals surface area (Å²) >= 11 is 0. The highest BCUT2D eigenvalue weighted by molar-refractivity contribution is 5.86. The van der Waals surface area contributed by atoms with Crippen molar-refractivity contribution >= 4 is 33.8 Å². The summed E-state index contributed by atoms with van der Waals surface area (Å²) in [7, 11) is 0. The minimum atomic E-state index is -0.287. The molecule has 0 saturated carbocycles. The highest BCUT2D eigenvalue weighted by Crippen LogP contribution is 2.24. The zero-order chi connectivity index (χ0) is 26.6. The van der Waals surface area contributed by atoms with Crippen LogP contribution in [0.2, 0.25) is 0 Å². The van der Waals surface area contributed by atoms with Crippen molar-refractivity contribution in [2.75, 3.05) is 0 Å². The first kappa shape index (κ1) is 24.8. The molecule has 0 radical (unpaired) electrons. The van der Waals surface area contributed by atoms with Gasteiger partial charge in [-0.1, -0.05) is 66.7 Å². The van der Waals surface area contributed by atoms with Gasteiger partial charge in [0.1, 0.15) is 5.82 Å². The molecule has 3 aromatic carbocycles. The Balaban J connectivity index is 1.28. The summed E-state index contributed by atoms with van der Waals surface area (Å²) in [4.78, 5) is 20.7. The first-order valence-electron chi connectivity index (χ1n) is 13.6. The molecular formula is C32H32N6O. The molecule has 2 atom stereocenters. The van der Waals surface area contributed by atoms with Gasteiger partial charge in [0.05, 0.1) is 18.6 Å². The van der Waals surface area contributed by atoms with Gasteiger partial charge in [-0.3, -0.25) is 9.79 Å². The van der Waals surface area contributed by atoms with Crippen LogP contribution in [-0.4, -0.2) is 37.9 Å². The second-order valence-electron chi connectivity index (χ2n) is 10.2. The van der Waals surface area contributed by atoms with E-state index in [0.29, 0.717) is 13.0 Å². The molecule has 2 N–H and O–H groups in total. The zero-order valence-corrected chi connectivity index (χ0v) is 22.0. The molecule has 5 aromatic rings. The Morgan fingerprint density at radius 1 is 1.00 bits per heavy atom. The molecule has 0 saturated heterocycles. The lowest BCUT2D eigenvalue weighted by Crippen LogP contribution is -2.31. The summed E-state index contributed by atoms with van der Waals surface area (Å²) in [5, 5.41) is 16.0. The molecule has 2 aromatic heterocycles. The SMILES string of the molecule is C[C@@H](NC(=O)CC1CC=CC=N1)c1nnc(CCc2c[nH]c3ccccc23)n1Cc1cccc2ccccc12. The van der Waals surface area contributed by atoms with E-state index in [4.69, 9.17) is 0 Å². The number of hydrogen-bond donors (Lipinski definition) is 2. The first-order chi connectivity index (χ1) is 19.2. The van der Waals surface area contributed by atoms with Gasteiger partial charge < -0.3 is 14.9 Å². The molecule has 39 heavy (non-hydrogen) atoms. The van der Waals surface area contributed by atoms with Gasteiger partial charge in [-0.15, -0.1) is 10.2 Å². The number of aromatic nitrogens is 4. The average Bonchev–Trinajstić information content (AvgIpc) is 3.56. The Morgan fingerprint density at radius 3 is 2.69 bits per heavy atom. The van der Waals surface area contributed by atoms with Crippen LogP contribution in [0.1, 0.15) is 48.6 Å². The summed E-state index contributed by atoms with van der Waals surface area (Å²) in [5.74, 6) is 1.64. The van der Waals surface area contributed by atoms with Crippen molar-refractivity contribution in [2.24, 2.45) is 4.99 Å². The number of allylic oxidation sites excluding steroid dienone is 1. The Morgan fingerprint density at radius 2 is 1.82 bits per heavy atom. The van der Waals surface area contributed by atoms with Crippen LogP contribution in [0.25, 0.3) is 21.7 Å². The van der Waals surface area contributed by atoms with Crippen LogP contribution in [0.3, 0.4) is 0 Å². The number of carbonyl (C=O) groups is 1. The quantitative estimate of drug-likeness (QED) is 0.263. The van der Waals surface area contributed by atoms with Crippen LogP contribution in [0.4, 0.5) is 0 Å². The molecular weight excluding hydrogens is 484 g/mol. The molecule has 1 amide bonds. The molecule has 3 heterocycles. The smallest absolute Gasteiger partial charge is 0.222 e. The molecule has 0 aliphatic carbocycles. The largest absolute Gasteiger partial charge is 0.361 e. The number of rotatable bonds is 9. The van der Waals surface area contributed by atoms with E-state index in [2.05, 4.69) is 103 Å². The average molecular weight is 517 g/mol. The molecule has 7 heteroatoms. The number of benzene rings is 3. The molecule has 7 nitrogen and oxygen atoms in total. The van der Waals surface area contributed by atoms with E-state index in [-0.39, 0.29) is 18.0 Å². The van der Waals surface area contributed by atoms with Gasteiger partial charge >= 0.3 is 0 Å². The van der Waals surface area contributed by atoms with Crippen LogP contribution in [0.5, 0.6) is 0 Å². The van der Waals surface area contributed by atoms with Gasteiger partial charge in [0.25, 0.3) is 0 Å². The minimum Gasteiger partial charge on any atom is -0.361 e. The number of nitrogens with one attached hydrogen (secondary N) is 2. The summed E-state index contributed by atoms with van der Waals surface area (Å²) in [5.41, 5.74) is 3.60. The fraction of sp³-hybridized carbons (Fsp3) is 0.250. The molecule has 6 rings (SSSR count). The van der Waals surface area contributed by atoms with E-state index in [1.165, 1.54) is 27.3 Å². The maximum Gasteiger partial charge on any atom is 0.222 e. The summed E-state index contributed by atoms with van der Waals surface area (Å²) in [6.45, 7) is 2.61. The van der Waals surface area contributed by atoms with E-state index in [0.717, 1.165) is 36.4 Å². The third-order valence-corrected chi connectivity index (χ3v) is 7.47. The van der Waals surface area contributed by atoms with Crippen LogP contribution >= 0.6 is 0 Å². The number of dihydropyridines is 1. The van der Waals surface area contributed by atoms with Gasteiger partial charge in [0, 0.05) is 36.2 Å². The first-order valence-corrected chi connectivity index (χ1v) is 13.6. The van der Waals surface area contributed by atoms with Crippen molar-refractivity contribution in [1.82, 2.24) is 25.1 Å². The maximum absolute atomic E-state index is 12.9. The number of nitrogens with zero attached hydrogens (tertiary/aromatic N) is 4. The summed E-state index contributed by atoms with van der Waals surface area (Å²) in [6, 6.07) is 22.9. The number of aromatic amines is 1. The van der Waals surface area contributed by atoms with Crippen LogP contribution in [0, 0.1) is 0 Å². The van der Waals surface area contributed by atoms with E-state index in [1.54, 1.807) is 6.21 Å². The molecule has 1 aliphatic heterocycles. The molecule has 196 valence electrons. The third-order valence-electron chi connectivity index (χ3n) is 7.47. The monoisotopic (exact) mass is 516 g/mol. The summed E-state index contributed by atoms with van der Waals surface area (Å²) < 4.78 is 2.18. The molecule has 0 fully saturated rings. The normalized spacial score (nSPS) is 15.7. The Labute approximate surface area is 227 Å². The van der Waals surface area contributed by atoms with E-state index >= 15 is 0 Å². The van der Waals surface area contributed by atoms with Gasteiger partial charge in [0.2, 0.25) is 5.91 Å². The number of para-hydroxylation sites is 1. The maximum atomic E-state index is 12.9. The van der Waals surface area contributed by atoms with Crippen molar-refractivity contribution < 1.29 is 4.79 Å². The number of carbonyl (C=O) groups excluding carboxylic acids is 1.